The molecule has 0 amide bonds. The number of methoxy groups -OCH3 is 1. The van der Waals surface area contributed by atoms with Gasteiger partial charge < -0.3 is 10.1 Å². The van der Waals surface area contributed by atoms with Gasteiger partial charge >= 0.3 is 0 Å². The third-order valence-electron chi connectivity index (χ3n) is 3.34. The van der Waals surface area contributed by atoms with Crippen LogP contribution in [-0.2, 0) is 6.42 Å². The van der Waals surface area contributed by atoms with Crippen LogP contribution >= 0.6 is 27.5 Å². The second-order valence-electron chi connectivity index (χ2n) is 4.76. The van der Waals surface area contributed by atoms with Crippen molar-refractivity contribution in [3.05, 3.63) is 21.1 Å². The topological polar surface area (TPSA) is 21.3 Å². The molecule has 0 fully saturated rings. The van der Waals surface area contributed by atoms with Gasteiger partial charge in [-0.15, -0.1) is 0 Å². The minimum atomic E-state index is 0.494. The highest BCUT2D eigenvalue weighted by Gasteiger charge is 2.25. The Morgan fingerprint density at radius 3 is 2.82 bits per heavy atom. The Morgan fingerprint density at radius 1 is 1.53 bits per heavy atom. The number of benzene rings is 1. The molecule has 1 aromatic rings. The Morgan fingerprint density at radius 2 is 2.24 bits per heavy atom. The van der Waals surface area contributed by atoms with Gasteiger partial charge in [-0.2, -0.15) is 0 Å². The number of hydrogen-bond donors (Lipinski definition) is 1. The largest absolute Gasteiger partial charge is 0.495 e. The predicted octanol–water partition coefficient (Wildman–Crippen LogP) is 4.49. The summed E-state index contributed by atoms with van der Waals surface area (Å²) in [5, 5.41) is 4.36. The fraction of sp³-hybridized carbons (Fsp3) is 0.538. The zero-order valence-electron chi connectivity index (χ0n) is 10.3. The summed E-state index contributed by atoms with van der Waals surface area (Å²) in [5.74, 6) is 1.47. The first-order valence-electron chi connectivity index (χ1n) is 5.86. The fourth-order valence-electron chi connectivity index (χ4n) is 2.26. The normalized spacial score (nSPS) is 18.8. The Labute approximate surface area is 116 Å². The van der Waals surface area contributed by atoms with Gasteiger partial charge in [0.1, 0.15) is 5.75 Å². The number of nitrogens with one attached hydrogen (secondary N) is 1. The first kappa shape index (κ1) is 13.0. The number of anilines is 1. The Balaban J connectivity index is 2.45. The molecule has 94 valence electrons. The van der Waals surface area contributed by atoms with Gasteiger partial charge in [0.05, 0.1) is 17.8 Å². The molecule has 1 N–H and O–H groups in total. The maximum absolute atomic E-state index is 6.32. The quantitative estimate of drug-likeness (QED) is 0.867. The summed E-state index contributed by atoms with van der Waals surface area (Å²) in [4.78, 5) is 0. The molecule has 0 radical (unpaired) electrons. The molecular formula is C13H17BrClNO. The van der Waals surface area contributed by atoms with Crippen LogP contribution in [0.4, 0.5) is 5.69 Å². The van der Waals surface area contributed by atoms with E-state index in [-0.39, 0.29) is 0 Å². The van der Waals surface area contributed by atoms with E-state index in [0.29, 0.717) is 12.0 Å². The van der Waals surface area contributed by atoms with Crippen molar-refractivity contribution >= 4 is 33.2 Å². The lowest BCUT2D eigenvalue weighted by molar-refractivity contribution is 0.410. The summed E-state index contributed by atoms with van der Waals surface area (Å²) in [5.41, 5.74) is 2.22. The second-order valence-corrected chi connectivity index (χ2v) is 5.99. The summed E-state index contributed by atoms with van der Waals surface area (Å²) in [6.45, 7) is 4.46. The van der Waals surface area contributed by atoms with Crippen molar-refractivity contribution in [2.45, 2.75) is 32.7 Å². The van der Waals surface area contributed by atoms with Crippen molar-refractivity contribution in [2.75, 3.05) is 12.4 Å². The molecule has 0 aliphatic carbocycles. The molecule has 0 aromatic heterocycles. The van der Waals surface area contributed by atoms with Gasteiger partial charge in [-0.3, -0.25) is 0 Å². The average Bonchev–Trinajstić information content (AvgIpc) is 2.33. The fourth-order valence-corrected chi connectivity index (χ4v) is 2.96. The molecule has 2 nitrogen and oxygen atoms in total. The summed E-state index contributed by atoms with van der Waals surface area (Å²) < 4.78 is 6.33. The van der Waals surface area contributed by atoms with E-state index >= 15 is 0 Å². The van der Waals surface area contributed by atoms with Gasteiger partial charge in [-0.05, 0) is 46.3 Å². The van der Waals surface area contributed by atoms with Crippen molar-refractivity contribution in [1.82, 2.24) is 0 Å². The Kier molecular flexibility index (Phi) is 3.88. The lowest BCUT2D eigenvalue weighted by atomic mass is 9.91. The lowest BCUT2D eigenvalue weighted by Gasteiger charge is -2.31. The Bertz CT molecular complexity index is 434. The highest BCUT2D eigenvalue weighted by atomic mass is 79.9. The van der Waals surface area contributed by atoms with Crippen molar-refractivity contribution in [2.24, 2.45) is 5.92 Å². The van der Waals surface area contributed by atoms with Crippen molar-refractivity contribution in [3.63, 3.8) is 0 Å². The minimum Gasteiger partial charge on any atom is -0.495 e. The summed E-state index contributed by atoms with van der Waals surface area (Å²) in [7, 11) is 1.69. The molecule has 0 spiro atoms. The molecule has 0 saturated carbocycles. The van der Waals surface area contributed by atoms with Gasteiger partial charge in [0, 0.05) is 10.5 Å². The molecule has 1 aliphatic rings. The highest BCUT2D eigenvalue weighted by Crippen LogP contribution is 2.43. The molecule has 1 atom stereocenters. The first-order valence-corrected chi connectivity index (χ1v) is 7.03. The van der Waals surface area contributed by atoms with Gasteiger partial charge in [-0.25, -0.2) is 0 Å². The average molecular weight is 319 g/mol. The molecular weight excluding hydrogens is 302 g/mol. The summed E-state index contributed by atoms with van der Waals surface area (Å²) in [6.07, 6.45) is 2.11. The van der Waals surface area contributed by atoms with Crippen molar-refractivity contribution in [3.8, 4) is 5.75 Å². The molecule has 1 aromatic carbocycles. The summed E-state index contributed by atoms with van der Waals surface area (Å²) >= 11 is 9.80. The Hall–Kier alpha value is -0.410. The number of halogens is 2. The zero-order valence-corrected chi connectivity index (χ0v) is 12.7. The predicted molar refractivity (Wildman–Crippen MR) is 76.3 cm³/mol. The molecule has 1 heterocycles. The van der Waals surface area contributed by atoms with Gasteiger partial charge in [0.2, 0.25) is 0 Å². The van der Waals surface area contributed by atoms with Crippen LogP contribution in [0.25, 0.3) is 0 Å². The standard InChI is InChI=1S/C13H17BrClNO/c1-7(2)10-5-4-8-12(15)9(14)6-11(17-3)13(8)16-10/h6-7,10,16H,4-5H2,1-3H3. The van der Waals surface area contributed by atoms with Crippen LogP contribution in [0.1, 0.15) is 25.8 Å². The van der Waals surface area contributed by atoms with Crippen LogP contribution in [-0.4, -0.2) is 13.2 Å². The number of hydrogen-bond acceptors (Lipinski definition) is 2. The van der Waals surface area contributed by atoms with Crippen molar-refractivity contribution < 1.29 is 4.74 Å². The van der Waals surface area contributed by atoms with E-state index in [2.05, 4.69) is 35.1 Å². The second kappa shape index (κ2) is 5.07. The monoisotopic (exact) mass is 317 g/mol. The van der Waals surface area contributed by atoms with E-state index in [1.165, 1.54) is 0 Å². The zero-order chi connectivity index (χ0) is 12.6. The molecule has 17 heavy (non-hydrogen) atoms. The number of fused-ring (bicyclic) bond motifs is 1. The lowest BCUT2D eigenvalue weighted by Crippen LogP contribution is -2.30. The van der Waals surface area contributed by atoms with Crippen LogP contribution < -0.4 is 10.1 Å². The third-order valence-corrected chi connectivity index (χ3v) is 4.63. The maximum atomic E-state index is 6.32. The van der Waals surface area contributed by atoms with Crippen LogP contribution in [0.15, 0.2) is 10.5 Å². The van der Waals surface area contributed by atoms with Crippen LogP contribution in [0.3, 0.4) is 0 Å². The SMILES string of the molecule is COc1cc(Br)c(Cl)c2c1NC(C(C)C)CC2. The maximum Gasteiger partial charge on any atom is 0.143 e. The van der Waals surface area contributed by atoms with E-state index in [9.17, 15) is 0 Å². The smallest absolute Gasteiger partial charge is 0.143 e. The third kappa shape index (κ3) is 2.41. The van der Waals surface area contributed by atoms with E-state index < -0.39 is 0 Å². The molecule has 2 rings (SSSR count). The van der Waals surface area contributed by atoms with Crippen LogP contribution in [0.5, 0.6) is 5.75 Å². The number of rotatable bonds is 2. The number of ether oxygens (including phenoxy) is 1. The molecule has 0 bridgehead atoms. The van der Waals surface area contributed by atoms with Gasteiger partial charge in [0.25, 0.3) is 0 Å². The summed E-state index contributed by atoms with van der Waals surface area (Å²) in [6, 6.07) is 2.42. The highest BCUT2D eigenvalue weighted by molar-refractivity contribution is 9.10. The van der Waals surface area contributed by atoms with E-state index in [4.69, 9.17) is 16.3 Å². The van der Waals surface area contributed by atoms with Crippen LogP contribution in [0, 0.1) is 5.92 Å². The molecule has 1 unspecified atom stereocenters. The van der Waals surface area contributed by atoms with E-state index in [1.54, 1.807) is 7.11 Å². The van der Waals surface area contributed by atoms with E-state index in [0.717, 1.165) is 39.3 Å². The van der Waals surface area contributed by atoms with Gasteiger partial charge in [0.15, 0.2) is 0 Å². The molecule has 0 saturated heterocycles. The first-order chi connectivity index (χ1) is 8.04. The molecule has 4 heteroatoms. The van der Waals surface area contributed by atoms with Gasteiger partial charge in [-0.1, -0.05) is 25.4 Å². The van der Waals surface area contributed by atoms with E-state index in [1.807, 2.05) is 6.07 Å². The van der Waals surface area contributed by atoms with Crippen molar-refractivity contribution in [1.29, 1.82) is 0 Å². The molecule has 1 aliphatic heterocycles. The van der Waals surface area contributed by atoms with Crippen LogP contribution in [0.2, 0.25) is 5.02 Å². The minimum absolute atomic E-state index is 0.494.